The van der Waals surface area contributed by atoms with E-state index >= 15 is 0 Å². The lowest BCUT2D eigenvalue weighted by Gasteiger charge is -2.23. The molecule has 0 radical (unpaired) electrons. The quantitative estimate of drug-likeness (QED) is 0.0814. The molecular weight excluding hydrogens is 488 g/mol. The first-order valence-electron chi connectivity index (χ1n) is 16.3. The van der Waals surface area contributed by atoms with E-state index in [-0.39, 0.29) is 0 Å². The number of carboxylic acid groups (broad SMARTS) is 2. The molecule has 236 valence electrons. The van der Waals surface area contributed by atoms with Crippen molar-refractivity contribution in [2.24, 2.45) is 0 Å². The van der Waals surface area contributed by atoms with Crippen molar-refractivity contribution in [3.05, 3.63) is 0 Å². The Bertz CT molecular complexity index is 479. The second kappa shape index (κ2) is 29.8. The summed E-state index contributed by atoms with van der Waals surface area (Å²) in [6.07, 6.45) is 27.8. The molecule has 0 atom stereocenters. The van der Waals surface area contributed by atoms with Crippen molar-refractivity contribution >= 4 is 11.9 Å². The summed E-state index contributed by atoms with van der Waals surface area (Å²) in [6, 6.07) is 0. The third-order valence-corrected chi connectivity index (χ3v) is 6.65. The van der Waals surface area contributed by atoms with Crippen molar-refractivity contribution < 1.29 is 28.8 Å². The maximum Gasteiger partial charge on any atom is 0.0780 e. The number of hydrogen-bond acceptors (Lipinski definition) is 4. The molecule has 0 saturated carbocycles. The molecular formula is C33H70N2O4. The van der Waals surface area contributed by atoms with Gasteiger partial charge in [0.15, 0.2) is 0 Å². The van der Waals surface area contributed by atoms with Crippen LogP contribution in [-0.4, -0.2) is 76.3 Å². The van der Waals surface area contributed by atoms with Gasteiger partial charge < -0.3 is 28.8 Å². The van der Waals surface area contributed by atoms with Crippen LogP contribution in [-0.2, 0) is 9.59 Å². The minimum absolute atomic E-state index is 1.03. The van der Waals surface area contributed by atoms with Crippen LogP contribution in [0.2, 0.25) is 0 Å². The first-order chi connectivity index (χ1) is 18.2. The number of nitrogens with zero attached hydrogens (tertiary/aromatic N) is 2. The van der Waals surface area contributed by atoms with Gasteiger partial charge in [-0.25, -0.2) is 0 Å². The molecule has 0 aromatic heterocycles. The summed E-state index contributed by atoms with van der Waals surface area (Å²) in [7, 11) is 13.7. The van der Waals surface area contributed by atoms with Gasteiger partial charge in [0.2, 0.25) is 0 Å². The van der Waals surface area contributed by atoms with Crippen molar-refractivity contribution in [3.8, 4) is 0 Å². The van der Waals surface area contributed by atoms with Crippen LogP contribution in [0.15, 0.2) is 0 Å². The third kappa shape index (κ3) is 53.8. The summed E-state index contributed by atoms with van der Waals surface area (Å²) >= 11 is 0. The Labute approximate surface area is 244 Å². The van der Waals surface area contributed by atoms with Crippen LogP contribution in [0.5, 0.6) is 0 Å². The normalized spacial score (nSPS) is 11.3. The van der Waals surface area contributed by atoms with Crippen LogP contribution < -0.4 is 10.2 Å². The molecule has 0 aliphatic carbocycles. The Hall–Kier alpha value is -1.14. The molecule has 6 nitrogen and oxygen atoms in total. The molecule has 0 N–H and O–H groups in total. The Kier molecular flexibility index (Phi) is 32.4. The minimum atomic E-state index is -1.63. The van der Waals surface area contributed by atoms with E-state index < -0.39 is 18.4 Å². The summed E-state index contributed by atoms with van der Waals surface area (Å²) < 4.78 is 2.24. The molecule has 39 heavy (non-hydrogen) atoms. The predicted octanol–water partition coefficient (Wildman–Crippen LogP) is 6.10. The highest BCUT2D eigenvalue weighted by Crippen LogP contribution is 2.12. The smallest absolute Gasteiger partial charge is 0.0780 e. The van der Waals surface area contributed by atoms with Crippen LogP contribution in [0.1, 0.15) is 149 Å². The number of hydrogen-bond donors (Lipinski definition) is 0. The first kappa shape index (κ1) is 42.3. The second-order valence-corrected chi connectivity index (χ2v) is 13.3. The molecule has 6 heteroatoms. The van der Waals surface area contributed by atoms with Crippen LogP contribution in [0.4, 0.5) is 0 Å². The highest BCUT2D eigenvalue weighted by atomic mass is 16.4. The molecule has 0 unspecified atom stereocenters. The average Bonchev–Trinajstić information content (AvgIpc) is 2.80. The lowest BCUT2D eigenvalue weighted by atomic mass is 10.1. The van der Waals surface area contributed by atoms with E-state index in [0.29, 0.717) is 0 Å². The van der Waals surface area contributed by atoms with Crippen LogP contribution in [0, 0.1) is 0 Å². The molecule has 0 aromatic carbocycles. The monoisotopic (exact) mass is 559 g/mol. The third-order valence-electron chi connectivity index (χ3n) is 6.65. The van der Waals surface area contributed by atoms with Gasteiger partial charge in [-0.05, 0) is 25.7 Å². The lowest BCUT2D eigenvalue weighted by Crippen LogP contribution is -2.35. The number of unbranched alkanes of at least 4 members (excludes halogenated alkanes) is 18. The van der Waals surface area contributed by atoms with E-state index in [1.165, 1.54) is 142 Å². The van der Waals surface area contributed by atoms with Gasteiger partial charge in [-0.15, -0.1) is 0 Å². The van der Waals surface area contributed by atoms with E-state index in [1.54, 1.807) is 0 Å². The Morgan fingerprint density at radius 2 is 0.615 bits per heavy atom. The van der Waals surface area contributed by atoms with Crippen molar-refractivity contribution in [2.75, 3.05) is 55.4 Å². The lowest BCUT2D eigenvalue weighted by molar-refractivity contribution is -0.870. The molecule has 0 rings (SSSR count). The van der Waals surface area contributed by atoms with E-state index in [4.69, 9.17) is 0 Å². The molecule has 0 spiro atoms. The molecule has 0 amide bonds. The highest BCUT2D eigenvalue weighted by Gasteiger charge is 2.05. The molecule has 0 aliphatic heterocycles. The summed E-state index contributed by atoms with van der Waals surface area (Å²) in [5.41, 5.74) is 0. The number of rotatable bonds is 24. The summed E-state index contributed by atoms with van der Waals surface area (Å²) in [5.74, 6) is -3.25. The number of carbonyl (C=O) groups is 2. The number of aliphatic carboxylic acids is 2. The summed E-state index contributed by atoms with van der Waals surface area (Å²) in [5, 5.41) is 18.6. The van der Waals surface area contributed by atoms with Gasteiger partial charge in [0.05, 0.1) is 55.4 Å². The van der Waals surface area contributed by atoms with Crippen LogP contribution in [0.25, 0.3) is 0 Å². The zero-order valence-corrected chi connectivity index (χ0v) is 27.8. The zero-order valence-electron chi connectivity index (χ0n) is 27.8. The maximum atomic E-state index is 9.28. The van der Waals surface area contributed by atoms with Gasteiger partial charge in [-0.2, -0.15) is 0 Å². The number of carbonyl (C=O) groups excluding carboxylic acids is 2. The van der Waals surface area contributed by atoms with E-state index in [1.807, 2.05) is 0 Å². The fraction of sp³-hybridized carbons (Fsp3) is 0.939. The Morgan fingerprint density at radius 1 is 0.410 bits per heavy atom. The van der Waals surface area contributed by atoms with Crippen molar-refractivity contribution in [3.63, 3.8) is 0 Å². The van der Waals surface area contributed by atoms with Crippen molar-refractivity contribution in [1.29, 1.82) is 0 Å². The Morgan fingerprint density at radius 3 is 0.769 bits per heavy atom. The molecule has 0 aromatic rings. The van der Waals surface area contributed by atoms with Gasteiger partial charge in [0.1, 0.15) is 0 Å². The fourth-order valence-corrected chi connectivity index (χ4v) is 4.27. The predicted molar refractivity (Wildman–Crippen MR) is 164 cm³/mol. The number of carboxylic acids is 2. The standard InChI is InChI=1S/2C15H34N.C3H4O4/c2*1-5-6-7-8-9-10-11-12-13-14-15-16(2,3)4;4-2(5)1-3(6)7/h2*5-15H2,1-4H3;1H2,(H,4,5)(H,6,7)/q2*+1;/p-2. The van der Waals surface area contributed by atoms with Crippen LogP contribution >= 0.6 is 0 Å². The van der Waals surface area contributed by atoms with E-state index in [0.717, 1.165) is 8.97 Å². The van der Waals surface area contributed by atoms with E-state index in [9.17, 15) is 19.8 Å². The summed E-state index contributed by atoms with van der Waals surface area (Å²) in [4.78, 5) is 18.6. The van der Waals surface area contributed by atoms with Crippen molar-refractivity contribution in [2.45, 2.75) is 149 Å². The minimum Gasteiger partial charge on any atom is -0.550 e. The van der Waals surface area contributed by atoms with Crippen molar-refractivity contribution in [1.82, 2.24) is 0 Å². The molecule has 0 heterocycles. The van der Waals surface area contributed by atoms with Gasteiger partial charge >= 0.3 is 0 Å². The largest absolute Gasteiger partial charge is 0.550 e. The van der Waals surface area contributed by atoms with Gasteiger partial charge in [-0.3, -0.25) is 0 Å². The average molecular weight is 559 g/mol. The fourth-order valence-electron chi connectivity index (χ4n) is 4.27. The maximum absolute atomic E-state index is 9.28. The molecule has 0 fully saturated rings. The van der Waals surface area contributed by atoms with Gasteiger partial charge in [-0.1, -0.05) is 117 Å². The summed E-state index contributed by atoms with van der Waals surface area (Å²) in [6.45, 7) is 7.23. The highest BCUT2D eigenvalue weighted by molar-refractivity contribution is 5.86. The second-order valence-electron chi connectivity index (χ2n) is 13.3. The Balaban J connectivity index is -0.000000537. The van der Waals surface area contributed by atoms with E-state index in [2.05, 4.69) is 56.1 Å². The molecule has 0 aliphatic rings. The van der Waals surface area contributed by atoms with Gasteiger partial charge in [0.25, 0.3) is 0 Å². The first-order valence-corrected chi connectivity index (χ1v) is 16.3. The van der Waals surface area contributed by atoms with Gasteiger partial charge in [0, 0.05) is 18.4 Å². The topological polar surface area (TPSA) is 80.3 Å². The molecule has 0 bridgehead atoms. The SMILES string of the molecule is CCCCCCCCCCCC[N+](C)(C)C.CCCCCCCCCCCC[N+](C)(C)C.O=C([O-])CC(=O)[O-]. The zero-order chi connectivity index (χ0) is 30.4. The number of quaternary nitrogens is 2. The molecule has 0 saturated heterocycles. The van der Waals surface area contributed by atoms with Crippen LogP contribution in [0.3, 0.4) is 0 Å².